The van der Waals surface area contributed by atoms with Gasteiger partial charge in [-0.3, -0.25) is 10.1 Å². The third kappa shape index (κ3) is 2.30. The predicted octanol–water partition coefficient (Wildman–Crippen LogP) is 0.247. The smallest absolute Gasteiger partial charge is 0.329 e. The Hall–Kier alpha value is -2.23. The summed E-state index contributed by atoms with van der Waals surface area (Å²) >= 11 is 1.12. The van der Waals surface area contributed by atoms with Crippen LogP contribution in [0.4, 0.5) is 11.5 Å². The van der Waals surface area contributed by atoms with Gasteiger partial charge in [0.05, 0.1) is 4.92 Å². The number of rotatable bonds is 3. The summed E-state index contributed by atoms with van der Waals surface area (Å²) in [6, 6.07) is 0. The molecule has 0 spiro atoms. The van der Waals surface area contributed by atoms with E-state index in [-0.39, 0.29) is 16.7 Å². The second-order valence-corrected chi connectivity index (χ2v) is 3.94. The van der Waals surface area contributed by atoms with E-state index in [4.69, 9.17) is 5.73 Å². The molecule has 0 aromatic carbocycles. The number of aromatic nitrogens is 5. The van der Waals surface area contributed by atoms with E-state index in [2.05, 4.69) is 20.2 Å². The first kappa shape index (κ1) is 11.3. The van der Waals surface area contributed by atoms with Gasteiger partial charge in [0, 0.05) is 7.05 Å². The average Bonchev–Trinajstić information content (AvgIpc) is 2.64. The fraction of sp³-hybridized carbons (Fsp3) is 0.143. The summed E-state index contributed by atoms with van der Waals surface area (Å²) < 4.78 is 1.67. The molecule has 0 aliphatic heterocycles. The van der Waals surface area contributed by atoms with Crippen LogP contribution in [0.5, 0.6) is 0 Å². The first-order valence-electron chi connectivity index (χ1n) is 4.36. The van der Waals surface area contributed by atoms with Gasteiger partial charge in [-0.1, -0.05) is 0 Å². The molecule has 2 aromatic heterocycles. The summed E-state index contributed by atoms with van der Waals surface area (Å²) in [4.78, 5) is 17.5. The lowest BCUT2D eigenvalue weighted by Gasteiger charge is -2.00. The molecule has 0 aliphatic rings. The van der Waals surface area contributed by atoms with Gasteiger partial charge in [0.1, 0.15) is 12.5 Å². The van der Waals surface area contributed by atoms with Gasteiger partial charge in [-0.05, 0) is 11.8 Å². The van der Waals surface area contributed by atoms with Crippen LogP contribution in [-0.2, 0) is 7.05 Å². The van der Waals surface area contributed by atoms with Crippen LogP contribution in [0.2, 0.25) is 0 Å². The molecule has 2 rings (SSSR count). The Balaban J connectivity index is 2.27. The molecule has 0 saturated heterocycles. The zero-order valence-corrected chi connectivity index (χ0v) is 9.46. The van der Waals surface area contributed by atoms with Gasteiger partial charge >= 0.3 is 5.69 Å². The number of nitrogen functional groups attached to an aromatic ring is 1. The number of nitrogens with zero attached hydrogens (tertiary/aromatic N) is 6. The number of aryl methyl sites for hydroxylation is 1. The van der Waals surface area contributed by atoms with Crippen molar-refractivity contribution in [3.05, 3.63) is 22.6 Å². The Bertz CT molecular complexity index is 569. The molecule has 0 atom stereocenters. The van der Waals surface area contributed by atoms with Gasteiger partial charge in [-0.25, -0.2) is 4.98 Å². The third-order valence-electron chi connectivity index (χ3n) is 1.82. The van der Waals surface area contributed by atoms with Crippen molar-refractivity contribution in [1.82, 2.24) is 24.7 Å². The van der Waals surface area contributed by atoms with Crippen molar-refractivity contribution < 1.29 is 4.92 Å². The van der Waals surface area contributed by atoms with Crippen LogP contribution in [-0.4, -0.2) is 29.7 Å². The predicted molar refractivity (Wildman–Crippen MR) is 58.2 cm³/mol. The number of nitrogens with two attached hydrogens (primary N) is 1. The molecule has 10 heteroatoms. The minimum atomic E-state index is -0.633. The van der Waals surface area contributed by atoms with Crippen molar-refractivity contribution >= 4 is 23.3 Å². The van der Waals surface area contributed by atoms with Gasteiger partial charge in [0.2, 0.25) is 5.82 Å². The number of hydrogen-bond donors (Lipinski definition) is 1. The molecule has 0 amide bonds. The van der Waals surface area contributed by atoms with Crippen LogP contribution < -0.4 is 5.73 Å². The topological polar surface area (TPSA) is 126 Å². The maximum absolute atomic E-state index is 10.5. The summed E-state index contributed by atoms with van der Waals surface area (Å²) in [7, 11) is 1.76. The highest BCUT2D eigenvalue weighted by molar-refractivity contribution is 7.99. The van der Waals surface area contributed by atoms with E-state index in [1.807, 2.05) is 0 Å². The number of hydrogen-bond acceptors (Lipinski definition) is 8. The van der Waals surface area contributed by atoms with Gasteiger partial charge < -0.3 is 10.3 Å². The second kappa shape index (κ2) is 4.33. The largest absolute Gasteiger partial charge is 0.378 e. The number of anilines is 1. The molecule has 2 aromatic rings. The first-order valence-corrected chi connectivity index (χ1v) is 5.18. The lowest BCUT2D eigenvalue weighted by Crippen LogP contribution is -2.01. The minimum absolute atomic E-state index is 0.172. The van der Waals surface area contributed by atoms with Gasteiger partial charge in [-0.2, -0.15) is 4.98 Å². The third-order valence-corrected chi connectivity index (χ3v) is 2.76. The van der Waals surface area contributed by atoms with Crippen molar-refractivity contribution in [3.63, 3.8) is 0 Å². The van der Waals surface area contributed by atoms with Crippen LogP contribution in [0.25, 0.3) is 0 Å². The van der Waals surface area contributed by atoms with Crippen molar-refractivity contribution in [3.8, 4) is 0 Å². The molecule has 0 saturated carbocycles. The summed E-state index contributed by atoms with van der Waals surface area (Å²) in [5.41, 5.74) is 5.13. The van der Waals surface area contributed by atoms with Crippen LogP contribution in [0, 0.1) is 10.1 Å². The second-order valence-electron chi connectivity index (χ2n) is 3.01. The van der Waals surface area contributed by atoms with Gasteiger partial charge in [0.25, 0.3) is 0 Å². The molecule has 0 unspecified atom stereocenters. The Morgan fingerprint density at radius 1 is 1.59 bits per heavy atom. The quantitative estimate of drug-likeness (QED) is 0.468. The Morgan fingerprint density at radius 2 is 2.35 bits per heavy atom. The summed E-state index contributed by atoms with van der Waals surface area (Å²) in [6.45, 7) is 0. The van der Waals surface area contributed by atoms with Crippen LogP contribution in [0.3, 0.4) is 0 Å². The van der Waals surface area contributed by atoms with E-state index in [0.29, 0.717) is 5.16 Å². The molecule has 17 heavy (non-hydrogen) atoms. The standard InChI is InChI=1S/C7H7N7O2S/c1-13-3-10-12-7(13)17-6-9-2-4(14(15)16)5(8)11-6/h2-3H,1H3,(H2,8,9,11). The molecule has 88 valence electrons. The van der Waals surface area contributed by atoms with Crippen molar-refractivity contribution in [2.24, 2.45) is 7.05 Å². The first-order chi connectivity index (χ1) is 8.08. The fourth-order valence-corrected chi connectivity index (χ4v) is 1.70. The summed E-state index contributed by atoms with van der Waals surface area (Å²) in [5, 5.41) is 18.9. The molecule has 0 bridgehead atoms. The monoisotopic (exact) mass is 253 g/mol. The molecule has 0 aliphatic carbocycles. The maximum Gasteiger partial charge on any atom is 0.329 e. The zero-order chi connectivity index (χ0) is 12.4. The van der Waals surface area contributed by atoms with E-state index >= 15 is 0 Å². The van der Waals surface area contributed by atoms with Crippen molar-refractivity contribution in [1.29, 1.82) is 0 Å². The molecule has 9 nitrogen and oxygen atoms in total. The van der Waals surface area contributed by atoms with Gasteiger partial charge in [0.15, 0.2) is 10.3 Å². The SMILES string of the molecule is Cn1cnnc1Sc1ncc([N+](=O)[O-])c(N)n1. The minimum Gasteiger partial charge on any atom is -0.378 e. The fourth-order valence-electron chi connectivity index (χ4n) is 1.01. The molecule has 0 fully saturated rings. The van der Waals surface area contributed by atoms with Crippen LogP contribution in [0.1, 0.15) is 0 Å². The van der Waals surface area contributed by atoms with E-state index in [1.54, 1.807) is 11.6 Å². The highest BCUT2D eigenvalue weighted by Crippen LogP contribution is 2.25. The van der Waals surface area contributed by atoms with E-state index < -0.39 is 4.92 Å². The van der Waals surface area contributed by atoms with E-state index in [0.717, 1.165) is 18.0 Å². The zero-order valence-electron chi connectivity index (χ0n) is 8.64. The average molecular weight is 253 g/mol. The van der Waals surface area contributed by atoms with Gasteiger partial charge in [-0.15, -0.1) is 10.2 Å². The normalized spacial score (nSPS) is 10.4. The molecule has 2 heterocycles. The Morgan fingerprint density at radius 3 is 2.88 bits per heavy atom. The van der Waals surface area contributed by atoms with Crippen LogP contribution >= 0.6 is 11.8 Å². The number of nitro groups is 1. The van der Waals surface area contributed by atoms with E-state index in [1.165, 1.54) is 6.33 Å². The summed E-state index contributed by atoms with van der Waals surface area (Å²) in [5.74, 6) is -0.172. The molecular weight excluding hydrogens is 246 g/mol. The van der Waals surface area contributed by atoms with Crippen molar-refractivity contribution in [2.45, 2.75) is 10.3 Å². The van der Waals surface area contributed by atoms with Crippen molar-refractivity contribution in [2.75, 3.05) is 5.73 Å². The maximum atomic E-state index is 10.5. The lowest BCUT2D eigenvalue weighted by atomic mass is 10.5. The molecule has 0 radical (unpaired) electrons. The highest BCUT2D eigenvalue weighted by Gasteiger charge is 2.15. The molecular formula is C7H7N7O2S. The van der Waals surface area contributed by atoms with Crippen LogP contribution in [0.15, 0.2) is 22.8 Å². The Kier molecular flexibility index (Phi) is 2.87. The lowest BCUT2D eigenvalue weighted by molar-refractivity contribution is -0.384. The highest BCUT2D eigenvalue weighted by atomic mass is 32.2. The summed E-state index contributed by atoms with van der Waals surface area (Å²) in [6.07, 6.45) is 2.60. The Labute approximate surface area is 99.2 Å². The van der Waals surface area contributed by atoms with E-state index in [9.17, 15) is 10.1 Å². The molecule has 2 N–H and O–H groups in total.